The van der Waals surface area contributed by atoms with Crippen molar-refractivity contribution in [2.75, 3.05) is 0 Å². The van der Waals surface area contributed by atoms with Crippen molar-refractivity contribution in [1.82, 2.24) is 0 Å². The van der Waals surface area contributed by atoms with Crippen molar-refractivity contribution in [3.8, 4) is 0 Å². The van der Waals surface area contributed by atoms with Crippen LogP contribution in [0.3, 0.4) is 0 Å². The lowest BCUT2D eigenvalue weighted by molar-refractivity contribution is -0.119. The van der Waals surface area contributed by atoms with E-state index in [1.165, 1.54) is 5.56 Å². The van der Waals surface area contributed by atoms with Crippen molar-refractivity contribution in [3.63, 3.8) is 0 Å². The highest BCUT2D eigenvalue weighted by atomic mass is 16.1. The van der Waals surface area contributed by atoms with Gasteiger partial charge in [-0.2, -0.15) is 0 Å². The van der Waals surface area contributed by atoms with Crippen molar-refractivity contribution in [2.45, 2.75) is 32.7 Å². The molecule has 17 heavy (non-hydrogen) atoms. The fourth-order valence-electron chi connectivity index (χ4n) is 2.28. The van der Waals surface area contributed by atoms with Gasteiger partial charge >= 0.3 is 0 Å². The highest BCUT2D eigenvalue weighted by Gasteiger charge is 2.30. The number of hydrogen-bond acceptors (Lipinski definition) is 2. The number of primary amides is 1. The Morgan fingerprint density at radius 3 is 2.71 bits per heavy atom. The van der Waals surface area contributed by atoms with Gasteiger partial charge in [0.05, 0.1) is 17.2 Å². The van der Waals surface area contributed by atoms with Gasteiger partial charge in [0, 0.05) is 0 Å². The first kappa shape index (κ1) is 11.8. The number of carbonyl (C=O) groups is 1. The molecule has 0 radical (unpaired) electrons. The normalized spacial score (nSPS) is 19.1. The van der Waals surface area contributed by atoms with Gasteiger partial charge in [0.2, 0.25) is 5.91 Å². The third kappa shape index (κ3) is 2.23. The SMILES string of the molecule is C[C@H](C(N)=O)C1=NC(C)(C)Cc2ccccc21. The van der Waals surface area contributed by atoms with Crippen LogP contribution < -0.4 is 5.73 Å². The van der Waals surface area contributed by atoms with Crippen LogP contribution in [0.15, 0.2) is 29.3 Å². The van der Waals surface area contributed by atoms with Crippen LogP contribution in [0.4, 0.5) is 0 Å². The molecule has 1 heterocycles. The molecular formula is C14H18N2O. The number of nitrogens with two attached hydrogens (primary N) is 1. The van der Waals surface area contributed by atoms with E-state index in [0.717, 1.165) is 17.7 Å². The number of benzene rings is 1. The molecule has 0 bridgehead atoms. The van der Waals surface area contributed by atoms with E-state index < -0.39 is 0 Å². The molecule has 1 atom stereocenters. The zero-order valence-electron chi connectivity index (χ0n) is 10.5. The highest BCUT2D eigenvalue weighted by molar-refractivity contribution is 6.13. The summed E-state index contributed by atoms with van der Waals surface area (Å²) in [5.74, 6) is -0.660. The Labute approximate surface area is 102 Å². The fraction of sp³-hybridized carbons (Fsp3) is 0.429. The summed E-state index contributed by atoms with van der Waals surface area (Å²) < 4.78 is 0. The van der Waals surface area contributed by atoms with Gasteiger partial charge in [-0.15, -0.1) is 0 Å². The molecular weight excluding hydrogens is 212 g/mol. The molecule has 0 unspecified atom stereocenters. The molecule has 0 spiro atoms. The second-order valence-electron chi connectivity index (χ2n) is 5.27. The summed E-state index contributed by atoms with van der Waals surface area (Å²) in [6, 6.07) is 8.11. The van der Waals surface area contributed by atoms with Crippen LogP contribution in [0.1, 0.15) is 31.9 Å². The van der Waals surface area contributed by atoms with E-state index in [2.05, 4.69) is 19.9 Å². The highest BCUT2D eigenvalue weighted by Crippen LogP contribution is 2.29. The largest absolute Gasteiger partial charge is 0.369 e. The molecule has 0 saturated heterocycles. The molecule has 2 N–H and O–H groups in total. The third-order valence-electron chi connectivity index (χ3n) is 3.18. The van der Waals surface area contributed by atoms with Gasteiger partial charge in [-0.25, -0.2) is 0 Å². The van der Waals surface area contributed by atoms with Crippen LogP contribution in [0.5, 0.6) is 0 Å². The minimum Gasteiger partial charge on any atom is -0.369 e. The maximum Gasteiger partial charge on any atom is 0.226 e. The second kappa shape index (κ2) is 3.99. The molecule has 3 nitrogen and oxygen atoms in total. The topological polar surface area (TPSA) is 55.5 Å². The van der Waals surface area contributed by atoms with E-state index in [4.69, 9.17) is 10.7 Å². The van der Waals surface area contributed by atoms with Crippen molar-refractivity contribution in [1.29, 1.82) is 0 Å². The predicted octanol–water partition coefficient (Wildman–Crippen LogP) is 1.93. The molecule has 1 aliphatic rings. The minimum atomic E-state index is -0.337. The third-order valence-corrected chi connectivity index (χ3v) is 3.18. The summed E-state index contributed by atoms with van der Waals surface area (Å²) in [6.45, 7) is 5.98. The van der Waals surface area contributed by atoms with Crippen molar-refractivity contribution >= 4 is 11.6 Å². The zero-order valence-corrected chi connectivity index (χ0v) is 10.5. The summed E-state index contributed by atoms with van der Waals surface area (Å²) in [6.07, 6.45) is 0.901. The van der Waals surface area contributed by atoms with Crippen LogP contribution in [0.2, 0.25) is 0 Å². The molecule has 3 heteroatoms. The number of rotatable bonds is 2. The summed E-state index contributed by atoms with van der Waals surface area (Å²) in [7, 11) is 0. The van der Waals surface area contributed by atoms with Crippen molar-refractivity contribution < 1.29 is 4.79 Å². The standard InChI is InChI=1S/C14H18N2O/c1-9(13(15)17)12-11-7-5-4-6-10(11)8-14(2,3)16-12/h4-7,9H,8H2,1-3H3,(H2,15,17)/t9-/m0/s1. The first-order valence-electron chi connectivity index (χ1n) is 5.88. The van der Waals surface area contributed by atoms with Gasteiger partial charge < -0.3 is 5.73 Å². The monoisotopic (exact) mass is 230 g/mol. The summed E-state index contributed by atoms with van der Waals surface area (Å²) in [5, 5.41) is 0. The Bertz CT molecular complexity index is 489. The molecule has 1 aromatic rings. The Hall–Kier alpha value is -1.64. The fourth-order valence-corrected chi connectivity index (χ4v) is 2.28. The molecule has 0 saturated carbocycles. The lowest BCUT2D eigenvalue weighted by atomic mass is 9.83. The average Bonchev–Trinajstić information content (AvgIpc) is 2.25. The number of amides is 1. The molecule has 90 valence electrons. The maximum atomic E-state index is 11.4. The molecule has 2 rings (SSSR count). The van der Waals surface area contributed by atoms with Crippen LogP contribution in [-0.4, -0.2) is 17.2 Å². The van der Waals surface area contributed by atoms with Crippen molar-refractivity contribution in [2.24, 2.45) is 16.6 Å². The van der Waals surface area contributed by atoms with Gasteiger partial charge in [0.15, 0.2) is 0 Å². The Balaban J connectivity index is 2.54. The number of nitrogens with zero attached hydrogens (tertiary/aromatic N) is 1. The smallest absolute Gasteiger partial charge is 0.226 e. The lowest BCUT2D eigenvalue weighted by Gasteiger charge is -2.30. The molecule has 1 aromatic carbocycles. The summed E-state index contributed by atoms with van der Waals surface area (Å²) >= 11 is 0. The molecule has 1 aliphatic heterocycles. The van der Waals surface area contributed by atoms with E-state index in [9.17, 15) is 4.79 Å². The number of carbonyl (C=O) groups excluding carboxylic acids is 1. The van der Waals surface area contributed by atoms with Crippen molar-refractivity contribution in [3.05, 3.63) is 35.4 Å². The van der Waals surface area contributed by atoms with Gasteiger partial charge in [0.1, 0.15) is 0 Å². The van der Waals surface area contributed by atoms with Crippen LogP contribution >= 0.6 is 0 Å². The average molecular weight is 230 g/mol. The maximum absolute atomic E-state index is 11.4. The Kier molecular flexibility index (Phi) is 2.77. The van der Waals surface area contributed by atoms with Crippen LogP contribution in [0, 0.1) is 5.92 Å². The van der Waals surface area contributed by atoms with E-state index in [-0.39, 0.29) is 17.4 Å². The van der Waals surface area contributed by atoms with E-state index in [1.54, 1.807) is 0 Å². The first-order valence-corrected chi connectivity index (χ1v) is 5.88. The zero-order chi connectivity index (χ0) is 12.6. The first-order chi connectivity index (χ1) is 7.91. The molecule has 1 amide bonds. The Morgan fingerprint density at radius 1 is 1.41 bits per heavy atom. The van der Waals surface area contributed by atoms with Crippen LogP contribution in [-0.2, 0) is 11.2 Å². The predicted molar refractivity (Wildman–Crippen MR) is 69.1 cm³/mol. The van der Waals surface area contributed by atoms with E-state index in [0.29, 0.717) is 0 Å². The minimum absolute atomic E-state index is 0.159. The number of fused-ring (bicyclic) bond motifs is 1. The summed E-state index contributed by atoms with van der Waals surface area (Å²) in [5.41, 5.74) is 8.37. The molecule has 0 fully saturated rings. The van der Waals surface area contributed by atoms with Gasteiger partial charge in [0.25, 0.3) is 0 Å². The number of aliphatic imine (C=N–C) groups is 1. The quantitative estimate of drug-likeness (QED) is 0.829. The van der Waals surface area contributed by atoms with Crippen LogP contribution in [0.25, 0.3) is 0 Å². The van der Waals surface area contributed by atoms with Gasteiger partial charge in [-0.3, -0.25) is 9.79 Å². The lowest BCUT2D eigenvalue weighted by Crippen LogP contribution is -2.36. The van der Waals surface area contributed by atoms with Gasteiger partial charge in [-0.1, -0.05) is 24.3 Å². The van der Waals surface area contributed by atoms with Gasteiger partial charge in [-0.05, 0) is 38.3 Å². The second-order valence-corrected chi connectivity index (χ2v) is 5.27. The molecule has 0 aromatic heterocycles. The molecule has 0 aliphatic carbocycles. The number of hydrogen-bond donors (Lipinski definition) is 1. The van der Waals surface area contributed by atoms with E-state index >= 15 is 0 Å². The Morgan fingerprint density at radius 2 is 2.06 bits per heavy atom. The van der Waals surface area contributed by atoms with E-state index in [1.807, 2.05) is 25.1 Å². The summed E-state index contributed by atoms with van der Waals surface area (Å²) in [4.78, 5) is 16.1.